The van der Waals surface area contributed by atoms with E-state index in [2.05, 4.69) is 15.9 Å². The Hall–Kier alpha value is -1.04. The molecule has 1 atom stereocenters. The van der Waals surface area contributed by atoms with Crippen molar-refractivity contribution in [1.82, 2.24) is 4.90 Å². The average molecular weight is 336 g/mol. The summed E-state index contributed by atoms with van der Waals surface area (Å²) < 4.78 is 37.3. The minimum absolute atomic E-state index is 0.210. The number of piperidine rings is 1. The maximum absolute atomic E-state index is 12.4. The molecule has 1 heterocycles. The third-order valence-corrected chi connectivity index (χ3v) is 3.86. The van der Waals surface area contributed by atoms with Crippen molar-refractivity contribution in [3.8, 4) is 0 Å². The summed E-state index contributed by atoms with van der Waals surface area (Å²) in [6, 6.07) is 4.37. The van der Waals surface area contributed by atoms with E-state index in [0.29, 0.717) is 18.7 Å². The van der Waals surface area contributed by atoms with Gasteiger partial charge in [-0.3, -0.25) is 4.79 Å². The molecule has 1 amide bonds. The van der Waals surface area contributed by atoms with Crippen LogP contribution in [0.5, 0.6) is 0 Å². The van der Waals surface area contributed by atoms with Crippen LogP contribution in [0, 0.1) is 0 Å². The predicted molar refractivity (Wildman–Crippen MR) is 69.3 cm³/mol. The summed E-state index contributed by atoms with van der Waals surface area (Å²) in [5.74, 6) is -0.210. The summed E-state index contributed by atoms with van der Waals surface area (Å²) in [5, 5.41) is 0. The Bertz CT molecular complexity index is 458. The number of benzene rings is 1. The van der Waals surface area contributed by atoms with Crippen molar-refractivity contribution in [3.63, 3.8) is 0 Å². The number of carbonyl (C=O) groups excluding carboxylic acids is 1. The third kappa shape index (κ3) is 3.49. The van der Waals surface area contributed by atoms with Gasteiger partial charge in [-0.15, -0.1) is 0 Å². The van der Waals surface area contributed by atoms with Crippen molar-refractivity contribution < 1.29 is 18.0 Å². The fourth-order valence-corrected chi connectivity index (χ4v) is 2.77. The highest BCUT2D eigenvalue weighted by atomic mass is 79.9. The average Bonchev–Trinajstić information content (AvgIpc) is 2.37. The number of amides is 1. The molecule has 1 saturated heterocycles. The Kier molecular flexibility index (Phi) is 4.18. The first-order valence-electron chi connectivity index (χ1n) is 5.98. The van der Waals surface area contributed by atoms with Crippen LogP contribution >= 0.6 is 15.9 Å². The summed E-state index contributed by atoms with van der Waals surface area (Å²) in [7, 11) is 0. The van der Waals surface area contributed by atoms with Gasteiger partial charge in [-0.25, -0.2) is 0 Å². The van der Waals surface area contributed by atoms with Gasteiger partial charge in [0.25, 0.3) is 5.91 Å². The van der Waals surface area contributed by atoms with Crippen LogP contribution in [0.4, 0.5) is 13.2 Å². The summed E-state index contributed by atoms with van der Waals surface area (Å²) in [4.78, 5) is 14.1. The molecule has 1 fully saturated rings. The first-order valence-corrected chi connectivity index (χ1v) is 6.90. The van der Waals surface area contributed by atoms with E-state index in [4.69, 9.17) is 0 Å². The second-order valence-corrected chi connectivity index (χ2v) is 5.86. The highest BCUT2D eigenvalue weighted by Crippen LogP contribution is 2.29. The fraction of sp³-hybridized carbons (Fsp3) is 0.462. The van der Waals surface area contributed by atoms with E-state index >= 15 is 0 Å². The van der Waals surface area contributed by atoms with Gasteiger partial charge in [0.1, 0.15) is 0 Å². The summed E-state index contributed by atoms with van der Waals surface area (Å²) in [6.07, 6.45) is -2.45. The van der Waals surface area contributed by atoms with E-state index in [1.165, 1.54) is 12.1 Å². The van der Waals surface area contributed by atoms with E-state index in [0.717, 1.165) is 25.0 Å². The first-order chi connectivity index (χ1) is 8.88. The quantitative estimate of drug-likeness (QED) is 0.716. The standard InChI is InChI=1S/C13H13BrF3NO/c14-11-2-1-7-18(8-11)12(19)9-3-5-10(6-4-9)13(15,16)17/h3-6,11H,1-2,7-8H2. The van der Waals surface area contributed by atoms with Crippen molar-refractivity contribution in [2.75, 3.05) is 13.1 Å². The zero-order valence-electron chi connectivity index (χ0n) is 10.1. The SMILES string of the molecule is O=C(c1ccc(C(F)(F)F)cc1)N1CCCC(Br)C1. The molecular formula is C13H13BrF3NO. The Labute approximate surface area is 117 Å². The van der Waals surface area contributed by atoms with Gasteiger partial charge in [0.05, 0.1) is 5.56 Å². The minimum Gasteiger partial charge on any atom is -0.338 e. The summed E-state index contributed by atoms with van der Waals surface area (Å²) >= 11 is 3.46. The lowest BCUT2D eigenvalue weighted by Crippen LogP contribution is -2.40. The first kappa shape index (κ1) is 14.4. The molecule has 0 aromatic heterocycles. The molecule has 0 radical (unpaired) electrons. The number of likely N-dealkylation sites (tertiary alicyclic amines) is 1. The molecule has 2 rings (SSSR count). The van der Waals surface area contributed by atoms with E-state index < -0.39 is 11.7 Å². The lowest BCUT2D eigenvalue weighted by atomic mass is 10.1. The molecule has 0 bridgehead atoms. The molecule has 1 aromatic carbocycles. The Morgan fingerprint density at radius 1 is 1.26 bits per heavy atom. The maximum Gasteiger partial charge on any atom is 0.416 e. The molecule has 0 spiro atoms. The van der Waals surface area contributed by atoms with Gasteiger partial charge in [-0.05, 0) is 37.1 Å². The fourth-order valence-electron chi connectivity index (χ4n) is 2.09. The van der Waals surface area contributed by atoms with Crippen LogP contribution in [0.2, 0.25) is 0 Å². The van der Waals surface area contributed by atoms with Gasteiger partial charge in [-0.2, -0.15) is 13.2 Å². The molecule has 0 N–H and O–H groups in total. The van der Waals surface area contributed by atoms with Crippen molar-refractivity contribution in [1.29, 1.82) is 0 Å². The highest BCUT2D eigenvalue weighted by molar-refractivity contribution is 9.09. The number of carbonyl (C=O) groups is 1. The van der Waals surface area contributed by atoms with Crippen molar-refractivity contribution in [3.05, 3.63) is 35.4 Å². The molecule has 104 valence electrons. The van der Waals surface area contributed by atoms with Gasteiger partial charge in [0.2, 0.25) is 0 Å². The minimum atomic E-state index is -4.37. The molecular weight excluding hydrogens is 323 g/mol. The molecule has 2 nitrogen and oxygen atoms in total. The summed E-state index contributed by atoms with van der Waals surface area (Å²) in [5.41, 5.74) is -0.435. The van der Waals surface area contributed by atoms with Crippen LogP contribution in [0.25, 0.3) is 0 Å². The zero-order chi connectivity index (χ0) is 14.0. The summed E-state index contributed by atoms with van der Waals surface area (Å²) in [6.45, 7) is 1.25. The van der Waals surface area contributed by atoms with Gasteiger partial charge in [0.15, 0.2) is 0 Å². The molecule has 1 aliphatic rings. The monoisotopic (exact) mass is 335 g/mol. The van der Waals surface area contributed by atoms with Crippen LogP contribution in [0.15, 0.2) is 24.3 Å². The van der Waals surface area contributed by atoms with Crippen molar-refractivity contribution in [2.24, 2.45) is 0 Å². The van der Waals surface area contributed by atoms with E-state index in [1.54, 1.807) is 4.90 Å². The number of nitrogens with zero attached hydrogens (tertiary/aromatic N) is 1. The van der Waals surface area contributed by atoms with Crippen LogP contribution in [-0.2, 0) is 6.18 Å². The number of hydrogen-bond acceptors (Lipinski definition) is 1. The van der Waals surface area contributed by atoms with Crippen LogP contribution in [0.1, 0.15) is 28.8 Å². The van der Waals surface area contributed by atoms with E-state index in [1.807, 2.05) is 0 Å². The Morgan fingerprint density at radius 2 is 1.89 bits per heavy atom. The molecule has 1 unspecified atom stereocenters. The molecule has 19 heavy (non-hydrogen) atoms. The molecule has 1 aromatic rings. The van der Waals surface area contributed by atoms with Crippen molar-refractivity contribution in [2.45, 2.75) is 23.8 Å². The predicted octanol–water partition coefficient (Wildman–Crippen LogP) is 3.70. The molecule has 1 aliphatic heterocycles. The lowest BCUT2D eigenvalue weighted by molar-refractivity contribution is -0.137. The van der Waals surface area contributed by atoms with Gasteiger partial charge >= 0.3 is 6.18 Å². The zero-order valence-corrected chi connectivity index (χ0v) is 11.7. The van der Waals surface area contributed by atoms with Gasteiger partial charge in [-0.1, -0.05) is 15.9 Å². The smallest absolute Gasteiger partial charge is 0.338 e. The van der Waals surface area contributed by atoms with Crippen LogP contribution in [-0.4, -0.2) is 28.7 Å². The number of rotatable bonds is 1. The molecule has 0 aliphatic carbocycles. The van der Waals surface area contributed by atoms with Crippen LogP contribution in [0.3, 0.4) is 0 Å². The number of hydrogen-bond donors (Lipinski definition) is 0. The topological polar surface area (TPSA) is 20.3 Å². The second-order valence-electron chi connectivity index (χ2n) is 4.57. The molecule has 0 saturated carbocycles. The maximum atomic E-state index is 12.4. The molecule has 6 heteroatoms. The van der Waals surface area contributed by atoms with Gasteiger partial charge < -0.3 is 4.90 Å². The Morgan fingerprint density at radius 3 is 2.42 bits per heavy atom. The van der Waals surface area contributed by atoms with Crippen molar-refractivity contribution >= 4 is 21.8 Å². The van der Waals surface area contributed by atoms with E-state index in [9.17, 15) is 18.0 Å². The second kappa shape index (κ2) is 5.53. The Balaban J connectivity index is 2.11. The number of halogens is 4. The van der Waals surface area contributed by atoms with Crippen LogP contribution < -0.4 is 0 Å². The van der Waals surface area contributed by atoms with E-state index in [-0.39, 0.29) is 10.7 Å². The number of alkyl halides is 4. The van der Waals surface area contributed by atoms with Gasteiger partial charge in [0, 0.05) is 23.5 Å². The largest absolute Gasteiger partial charge is 0.416 e. The normalized spacial score (nSPS) is 20.4. The lowest BCUT2D eigenvalue weighted by Gasteiger charge is -2.30. The highest BCUT2D eigenvalue weighted by Gasteiger charge is 2.30. The third-order valence-electron chi connectivity index (χ3n) is 3.11.